The highest BCUT2D eigenvalue weighted by molar-refractivity contribution is 7.12. The van der Waals surface area contributed by atoms with Crippen molar-refractivity contribution in [2.75, 3.05) is 6.54 Å². The average molecular weight is 319 g/mol. The van der Waals surface area contributed by atoms with E-state index in [1.807, 2.05) is 0 Å². The number of benzene rings is 1. The van der Waals surface area contributed by atoms with Crippen molar-refractivity contribution in [2.24, 2.45) is 0 Å². The van der Waals surface area contributed by atoms with Gasteiger partial charge in [0.2, 0.25) is 0 Å². The molecule has 0 bridgehead atoms. The van der Waals surface area contributed by atoms with Crippen LogP contribution in [0.3, 0.4) is 0 Å². The van der Waals surface area contributed by atoms with Crippen LogP contribution >= 0.6 is 11.3 Å². The van der Waals surface area contributed by atoms with E-state index >= 15 is 0 Å². The first-order valence-electron chi connectivity index (χ1n) is 6.26. The Hall–Kier alpha value is -2.87. The van der Waals surface area contributed by atoms with Crippen molar-refractivity contribution in [1.82, 2.24) is 16.2 Å². The van der Waals surface area contributed by atoms with Crippen LogP contribution in [0, 0.1) is 0 Å². The van der Waals surface area contributed by atoms with Gasteiger partial charge in [0.15, 0.2) is 0 Å². The summed E-state index contributed by atoms with van der Waals surface area (Å²) in [7, 11) is 0. The molecule has 22 heavy (non-hydrogen) atoms. The van der Waals surface area contributed by atoms with Crippen molar-refractivity contribution < 1.29 is 19.5 Å². The minimum atomic E-state index is -0.575. The van der Waals surface area contributed by atoms with Gasteiger partial charge in [0.25, 0.3) is 17.7 Å². The topological polar surface area (TPSA) is 108 Å². The Morgan fingerprint density at radius 2 is 1.86 bits per heavy atom. The van der Waals surface area contributed by atoms with Crippen molar-refractivity contribution in [1.29, 1.82) is 0 Å². The van der Waals surface area contributed by atoms with E-state index in [0.29, 0.717) is 4.88 Å². The molecule has 1 aromatic heterocycles. The smallest absolute Gasteiger partial charge is 0.269 e. The second-order valence-electron chi connectivity index (χ2n) is 4.21. The maximum absolute atomic E-state index is 11.7. The second kappa shape index (κ2) is 7.23. The number of nitrogens with one attached hydrogen (secondary N) is 3. The highest BCUT2D eigenvalue weighted by Gasteiger charge is 2.10. The number of amides is 3. The molecule has 0 aliphatic carbocycles. The molecule has 0 aliphatic heterocycles. The summed E-state index contributed by atoms with van der Waals surface area (Å²) >= 11 is 1.26. The number of thiophene rings is 1. The minimum absolute atomic E-state index is 0.0535. The van der Waals surface area contributed by atoms with Gasteiger partial charge in [0, 0.05) is 5.56 Å². The van der Waals surface area contributed by atoms with Crippen molar-refractivity contribution in [3.63, 3.8) is 0 Å². The number of aromatic hydroxyl groups is 1. The Morgan fingerprint density at radius 1 is 1.05 bits per heavy atom. The second-order valence-corrected chi connectivity index (χ2v) is 5.16. The first-order chi connectivity index (χ1) is 10.6. The fraction of sp³-hybridized carbons (Fsp3) is 0.0714. The summed E-state index contributed by atoms with van der Waals surface area (Å²) in [5, 5.41) is 13.4. The third-order valence-corrected chi connectivity index (χ3v) is 3.45. The Morgan fingerprint density at radius 3 is 2.55 bits per heavy atom. The van der Waals surface area contributed by atoms with Crippen molar-refractivity contribution in [2.45, 2.75) is 0 Å². The number of hydrogen-bond donors (Lipinski definition) is 4. The zero-order valence-corrected chi connectivity index (χ0v) is 12.1. The third-order valence-electron chi connectivity index (χ3n) is 2.58. The van der Waals surface area contributed by atoms with E-state index in [-0.39, 0.29) is 23.8 Å². The molecule has 0 fully saturated rings. The van der Waals surface area contributed by atoms with Gasteiger partial charge >= 0.3 is 0 Å². The lowest BCUT2D eigenvalue weighted by atomic mass is 10.2. The van der Waals surface area contributed by atoms with Crippen LogP contribution in [0.1, 0.15) is 20.0 Å². The highest BCUT2D eigenvalue weighted by Crippen LogP contribution is 2.10. The summed E-state index contributed by atoms with van der Waals surface area (Å²) in [6.07, 6.45) is 0. The number of rotatable bonds is 4. The Kier molecular flexibility index (Phi) is 5.10. The van der Waals surface area contributed by atoms with Crippen LogP contribution in [0.15, 0.2) is 41.8 Å². The molecule has 0 radical (unpaired) electrons. The lowest BCUT2D eigenvalue weighted by Gasteiger charge is -2.08. The van der Waals surface area contributed by atoms with Crippen LogP contribution in [0.25, 0.3) is 0 Å². The first kappa shape index (κ1) is 15.5. The SMILES string of the molecule is O=C(CNC(=O)c1cccs1)NNC(=O)c1cccc(O)c1. The minimum Gasteiger partial charge on any atom is -0.508 e. The van der Waals surface area contributed by atoms with Gasteiger partial charge < -0.3 is 10.4 Å². The summed E-state index contributed by atoms with van der Waals surface area (Å²) in [4.78, 5) is 35.3. The van der Waals surface area contributed by atoms with Crippen LogP contribution in [0.2, 0.25) is 0 Å². The van der Waals surface area contributed by atoms with Gasteiger partial charge in [-0.3, -0.25) is 25.2 Å². The molecule has 7 nitrogen and oxygen atoms in total. The van der Waals surface area contributed by atoms with Gasteiger partial charge in [-0.25, -0.2) is 0 Å². The van der Waals surface area contributed by atoms with Gasteiger partial charge in [0.1, 0.15) is 5.75 Å². The highest BCUT2D eigenvalue weighted by atomic mass is 32.1. The zero-order valence-electron chi connectivity index (χ0n) is 11.3. The van der Waals surface area contributed by atoms with E-state index in [0.717, 1.165) is 0 Å². The van der Waals surface area contributed by atoms with E-state index in [1.54, 1.807) is 17.5 Å². The molecule has 2 aromatic rings. The fourth-order valence-electron chi connectivity index (χ4n) is 1.55. The molecule has 0 atom stereocenters. The monoisotopic (exact) mass is 319 g/mol. The summed E-state index contributed by atoms with van der Waals surface area (Å²) in [5.74, 6) is -1.56. The number of carbonyl (C=O) groups is 3. The maximum atomic E-state index is 11.7. The van der Waals surface area contributed by atoms with E-state index in [9.17, 15) is 19.5 Å². The molecule has 0 spiro atoms. The number of phenols is 1. The molecule has 4 N–H and O–H groups in total. The van der Waals surface area contributed by atoms with Crippen molar-refractivity contribution >= 4 is 29.1 Å². The van der Waals surface area contributed by atoms with Crippen LogP contribution in [-0.4, -0.2) is 29.4 Å². The molecule has 0 unspecified atom stereocenters. The van der Waals surface area contributed by atoms with Gasteiger partial charge in [-0.05, 0) is 29.6 Å². The summed E-state index contributed by atoms with van der Waals surface area (Å²) in [6.45, 7) is -0.267. The molecule has 0 saturated heterocycles. The average Bonchev–Trinajstić information content (AvgIpc) is 3.04. The number of carbonyl (C=O) groups excluding carboxylic acids is 3. The summed E-state index contributed by atoms with van der Waals surface area (Å²) < 4.78 is 0. The fourth-order valence-corrected chi connectivity index (χ4v) is 2.19. The molecular weight excluding hydrogens is 306 g/mol. The predicted octanol–water partition coefficient (Wildman–Crippen LogP) is 0.645. The molecule has 1 aromatic carbocycles. The molecule has 0 saturated carbocycles. The largest absolute Gasteiger partial charge is 0.508 e. The molecule has 8 heteroatoms. The first-order valence-corrected chi connectivity index (χ1v) is 7.14. The predicted molar refractivity (Wildman–Crippen MR) is 80.4 cm³/mol. The number of hydrogen-bond acceptors (Lipinski definition) is 5. The van der Waals surface area contributed by atoms with E-state index in [2.05, 4.69) is 16.2 Å². The molecule has 0 aliphatic rings. The van der Waals surface area contributed by atoms with Gasteiger partial charge in [0.05, 0.1) is 11.4 Å². The molecular formula is C14H13N3O4S. The van der Waals surface area contributed by atoms with Gasteiger partial charge in [-0.15, -0.1) is 11.3 Å². The van der Waals surface area contributed by atoms with Crippen LogP contribution < -0.4 is 16.2 Å². The van der Waals surface area contributed by atoms with Crippen molar-refractivity contribution in [3.8, 4) is 5.75 Å². The Labute approximate surface area is 129 Å². The van der Waals surface area contributed by atoms with Gasteiger partial charge in [-0.1, -0.05) is 12.1 Å². The summed E-state index contributed by atoms with van der Waals surface area (Å²) in [6, 6.07) is 9.05. The van der Waals surface area contributed by atoms with Crippen LogP contribution in [-0.2, 0) is 4.79 Å². The summed E-state index contributed by atoms with van der Waals surface area (Å²) in [5.41, 5.74) is 4.55. The van der Waals surface area contributed by atoms with E-state index in [4.69, 9.17) is 0 Å². The lowest BCUT2D eigenvalue weighted by Crippen LogP contribution is -2.46. The Bertz CT molecular complexity index is 685. The van der Waals surface area contributed by atoms with E-state index in [1.165, 1.54) is 35.6 Å². The maximum Gasteiger partial charge on any atom is 0.269 e. The van der Waals surface area contributed by atoms with E-state index < -0.39 is 11.8 Å². The quantitative estimate of drug-likeness (QED) is 0.620. The molecule has 2 rings (SSSR count). The molecule has 114 valence electrons. The van der Waals surface area contributed by atoms with Crippen molar-refractivity contribution in [3.05, 3.63) is 52.2 Å². The van der Waals surface area contributed by atoms with Crippen LogP contribution in [0.4, 0.5) is 0 Å². The number of hydrazine groups is 1. The normalized spacial score (nSPS) is 9.82. The standard InChI is InChI=1S/C14H13N3O4S/c18-10-4-1-3-9(7-10)13(20)17-16-12(19)8-15-14(21)11-5-2-6-22-11/h1-7,18H,8H2,(H,15,21)(H,16,19)(H,17,20). The molecule has 3 amide bonds. The lowest BCUT2D eigenvalue weighted by molar-refractivity contribution is -0.120. The molecule has 1 heterocycles. The zero-order chi connectivity index (χ0) is 15.9. The third kappa shape index (κ3) is 4.32. The van der Waals surface area contributed by atoms with Gasteiger partial charge in [-0.2, -0.15) is 0 Å². The Balaban J connectivity index is 1.76. The number of phenolic OH excluding ortho intramolecular Hbond substituents is 1. The van der Waals surface area contributed by atoms with Crippen LogP contribution in [0.5, 0.6) is 5.75 Å².